The van der Waals surface area contributed by atoms with Crippen LogP contribution >= 0.6 is 12.2 Å². The van der Waals surface area contributed by atoms with Crippen molar-refractivity contribution in [2.24, 2.45) is 0 Å². The molecule has 5 nitrogen and oxygen atoms in total. The summed E-state index contributed by atoms with van der Waals surface area (Å²) in [5.41, 5.74) is 2.57. The highest BCUT2D eigenvalue weighted by Crippen LogP contribution is 2.43. The van der Waals surface area contributed by atoms with Crippen LogP contribution < -0.4 is 15.0 Å². The molecule has 160 valence electrons. The predicted molar refractivity (Wildman–Crippen MR) is 125 cm³/mol. The Bertz CT molecular complexity index is 1230. The lowest BCUT2D eigenvalue weighted by atomic mass is 10.0. The number of methoxy groups -OCH3 is 1. The lowest BCUT2D eigenvalue weighted by molar-refractivity contribution is 0.414. The smallest absolute Gasteiger partial charge is 0.174 e. The van der Waals surface area contributed by atoms with E-state index in [1.165, 1.54) is 12.1 Å². The van der Waals surface area contributed by atoms with Crippen molar-refractivity contribution in [3.63, 3.8) is 0 Å². The van der Waals surface area contributed by atoms with Crippen molar-refractivity contribution in [1.29, 1.82) is 0 Å². The standard InChI is InChI=1S/C25H20FN3O2S/c1-30-19-11-9-18(10-12-19)29-24(23(28-25(29)32)20-4-2-3-15-27-20)22-14-13-21(31-22)16-5-7-17(26)8-6-16/h2-15,23-24H,1H3,(H,28,32)/t23-,24+/m0/s1. The first-order chi connectivity index (χ1) is 15.6. The Hall–Kier alpha value is -3.71. The quantitative estimate of drug-likeness (QED) is 0.400. The normalized spacial score (nSPS) is 17.9. The summed E-state index contributed by atoms with van der Waals surface area (Å²) >= 11 is 5.72. The Balaban J connectivity index is 1.57. The maximum atomic E-state index is 13.4. The van der Waals surface area contributed by atoms with Gasteiger partial charge in [0, 0.05) is 17.4 Å². The van der Waals surface area contributed by atoms with Crippen LogP contribution in [0, 0.1) is 5.82 Å². The van der Waals surface area contributed by atoms with E-state index in [4.69, 9.17) is 21.4 Å². The maximum absolute atomic E-state index is 13.4. The van der Waals surface area contributed by atoms with Gasteiger partial charge in [0.2, 0.25) is 0 Å². The Morgan fingerprint density at radius 2 is 1.78 bits per heavy atom. The molecular formula is C25H20FN3O2S. The van der Waals surface area contributed by atoms with E-state index in [0.29, 0.717) is 10.9 Å². The zero-order valence-corrected chi connectivity index (χ0v) is 18.1. The molecule has 1 fully saturated rings. The molecule has 5 rings (SSSR count). The average molecular weight is 446 g/mol. The predicted octanol–water partition coefficient (Wildman–Crippen LogP) is 5.67. The summed E-state index contributed by atoms with van der Waals surface area (Å²) in [6.45, 7) is 0. The summed E-state index contributed by atoms with van der Waals surface area (Å²) in [5, 5.41) is 3.99. The van der Waals surface area contributed by atoms with Crippen LogP contribution in [0.15, 0.2) is 89.5 Å². The molecule has 0 amide bonds. The lowest BCUT2D eigenvalue weighted by Crippen LogP contribution is -2.29. The third kappa shape index (κ3) is 3.71. The van der Waals surface area contributed by atoms with E-state index in [-0.39, 0.29) is 17.9 Å². The van der Waals surface area contributed by atoms with E-state index in [0.717, 1.165) is 28.5 Å². The first kappa shape index (κ1) is 20.2. The fourth-order valence-corrected chi connectivity index (χ4v) is 4.29. The first-order valence-electron chi connectivity index (χ1n) is 10.1. The van der Waals surface area contributed by atoms with Crippen LogP contribution in [0.25, 0.3) is 11.3 Å². The molecule has 0 spiro atoms. The Labute approximate surface area is 190 Å². The molecule has 2 aromatic carbocycles. The number of aromatic nitrogens is 1. The van der Waals surface area contributed by atoms with Crippen molar-refractivity contribution < 1.29 is 13.5 Å². The lowest BCUT2D eigenvalue weighted by Gasteiger charge is -2.26. The number of ether oxygens (including phenoxy) is 1. The summed E-state index contributed by atoms with van der Waals surface area (Å²) < 4.78 is 24.9. The molecule has 32 heavy (non-hydrogen) atoms. The summed E-state index contributed by atoms with van der Waals surface area (Å²) in [6.07, 6.45) is 1.76. The van der Waals surface area contributed by atoms with E-state index in [2.05, 4.69) is 10.3 Å². The second-order valence-electron chi connectivity index (χ2n) is 7.40. The monoisotopic (exact) mass is 445 g/mol. The number of halogens is 1. The highest BCUT2D eigenvalue weighted by Gasteiger charge is 2.42. The van der Waals surface area contributed by atoms with Gasteiger partial charge in [0.25, 0.3) is 0 Å². The first-order valence-corrected chi connectivity index (χ1v) is 10.6. The van der Waals surface area contributed by atoms with Gasteiger partial charge in [-0.3, -0.25) is 4.98 Å². The topological polar surface area (TPSA) is 50.5 Å². The number of pyridine rings is 1. The number of hydrogen-bond donors (Lipinski definition) is 1. The van der Waals surface area contributed by atoms with Gasteiger partial charge in [-0.05, 0) is 85.0 Å². The number of nitrogens with one attached hydrogen (secondary N) is 1. The highest BCUT2D eigenvalue weighted by atomic mass is 32.1. The molecule has 0 saturated carbocycles. The molecule has 0 radical (unpaired) electrons. The van der Waals surface area contributed by atoms with Crippen molar-refractivity contribution in [2.45, 2.75) is 12.1 Å². The van der Waals surface area contributed by atoms with Crippen LogP contribution in [0.4, 0.5) is 10.1 Å². The van der Waals surface area contributed by atoms with Crippen LogP contribution in [-0.4, -0.2) is 17.2 Å². The van der Waals surface area contributed by atoms with Gasteiger partial charge in [-0.1, -0.05) is 6.07 Å². The molecule has 2 aromatic heterocycles. The van der Waals surface area contributed by atoms with Crippen molar-refractivity contribution in [1.82, 2.24) is 10.3 Å². The van der Waals surface area contributed by atoms with Gasteiger partial charge >= 0.3 is 0 Å². The van der Waals surface area contributed by atoms with E-state index in [9.17, 15) is 4.39 Å². The third-order valence-corrected chi connectivity index (χ3v) is 5.81. The summed E-state index contributed by atoms with van der Waals surface area (Å²) in [5.74, 6) is 1.86. The largest absolute Gasteiger partial charge is 0.497 e. The van der Waals surface area contributed by atoms with Crippen molar-refractivity contribution in [3.05, 3.63) is 102 Å². The number of nitrogens with zero attached hydrogens (tertiary/aromatic N) is 2. The van der Waals surface area contributed by atoms with Gasteiger partial charge in [-0.2, -0.15) is 0 Å². The van der Waals surface area contributed by atoms with Crippen molar-refractivity contribution >= 4 is 23.0 Å². The molecule has 3 heterocycles. The van der Waals surface area contributed by atoms with Crippen molar-refractivity contribution in [2.75, 3.05) is 12.0 Å². The van der Waals surface area contributed by atoms with E-state index >= 15 is 0 Å². The van der Waals surface area contributed by atoms with Crippen LogP contribution in [0.5, 0.6) is 5.75 Å². The Morgan fingerprint density at radius 1 is 1.00 bits per heavy atom. The number of rotatable bonds is 5. The van der Waals surface area contributed by atoms with Gasteiger partial charge in [-0.15, -0.1) is 0 Å². The Morgan fingerprint density at radius 3 is 2.47 bits per heavy atom. The number of benzene rings is 2. The number of hydrogen-bond acceptors (Lipinski definition) is 4. The second-order valence-corrected chi connectivity index (χ2v) is 7.79. The van der Waals surface area contributed by atoms with Crippen LogP contribution in [0.2, 0.25) is 0 Å². The van der Waals surface area contributed by atoms with Crippen LogP contribution in [0.3, 0.4) is 0 Å². The van der Waals surface area contributed by atoms with Gasteiger partial charge in [0.15, 0.2) is 5.11 Å². The minimum Gasteiger partial charge on any atom is -0.497 e. The molecule has 7 heteroatoms. The summed E-state index contributed by atoms with van der Waals surface area (Å²) in [6, 6.07) is 23.1. The number of anilines is 1. The summed E-state index contributed by atoms with van der Waals surface area (Å²) in [4.78, 5) is 6.58. The minimum absolute atomic E-state index is 0.210. The molecule has 1 aliphatic rings. The molecule has 0 bridgehead atoms. The zero-order chi connectivity index (χ0) is 22.1. The molecule has 1 saturated heterocycles. The minimum atomic E-state index is -0.285. The average Bonchev–Trinajstić information content (AvgIpc) is 3.45. The fourth-order valence-electron chi connectivity index (χ4n) is 3.95. The molecule has 0 aliphatic carbocycles. The fraction of sp³-hybridized carbons (Fsp3) is 0.120. The van der Waals surface area contributed by atoms with Crippen molar-refractivity contribution in [3.8, 4) is 17.1 Å². The molecule has 1 N–H and O–H groups in total. The van der Waals surface area contributed by atoms with E-state index in [1.807, 2.05) is 59.5 Å². The van der Waals surface area contributed by atoms with E-state index in [1.54, 1.807) is 25.4 Å². The summed E-state index contributed by atoms with van der Waals surface area (Å²) in [7, 11) is 1.64. The molecular weight excluding hydrogens is 425 g/mol. The van der Waals surface area contributed by atoms with Gasteiger partial charge in [-0.25, -0.2) is 4.39 Å². The molecule has 2 atom stereocenters. The molecule has 1 aliphatic heterocycles. The third-order valence-electron chi connectivity index (χ3n) is 5.50. The maximum Gasteiger partial charge on any atom is 0.174 e. The van der Waals surface area contributed by atoms with Gasteiger partial charge in [0.1, 0.15) is 29.1 Å². The number of furan rings is 1. The number of thiocarbonyl (C=S) groups is 1. The molecule has 4 aromatic rings. The highest BCUT2D eigenvalue weighted by molar-refractivity contribution is 7.80. The van der Waals surface area contributed by atoms with Crippen LogP contribution in [0.1, 0.15) is 23.5 Å². The Kier molecular flexibility index (Phi) is 5.33. The van der Waals surface area contributed by atoms with Gasteiger partial charge < -0.3 is 19.4 Å². The van der Waals surface area contributed by atoms with Gasteiger partial charge in [0.05, 0.1) is 18.8 Å². The van der Waals surface area contributed by atoms with Crippen LogP contribution in [-0.2, 0) is 0 Å². The SMILES string of the molecule is COc1ccc(N2C(=S)N[C@@H](c3ccccn3)[C@H]2c2ccc(-c3ccc(F)cc3)o2)cc1. The molecule has 0 unspecified atom stereocenters. The zero-order valence-electron chi connectivity index (χ0n) is 17.2. The van der Waals surface area contributed by atoms with E-state index < -0.39 is 0 Å². The second kappa shape index (κ2) is 8.43.